The maximum Gasteiger partial charge on any atom is 0.196 e. The van der Waals surface area contributed by atoms with Crippen LogP contribution in [-0.2, 0) is 4.79 Å². The Kier molecular flexibility index (Phi) is 5.69. The van der Waals surface area contributed by atoms with Gasteiger partial charge in [0.2, 0.25) is 0 Å². The molecule has 0 bridgehead atoms. The Labute approximate surface area is 173 Å². The lowest BCUT2D eigenvalue weighted by Gasteiger charge is -2.20. The van der Waals surface area contributed by atoms with Gasteiger partial charge in [0.05, 0.1) is 12.4 Å². The Morgan fingerprint density at radius 3 is 2.50 bits per heavy atom. The van der Waals surface area contributed by atoms with Crippen molar-refractivity contribution < 1.29 is 9.53 Å². The molecule has 0 amide bonds. The number of carbonyl (C=O) groups is 1. The average Bonchev–Trinajstić information content (AvgIpc) is 3.14. The predicted octanol–water partition coefficient (Wildman–Crippen LogP) is 5.20. The molecule has 1 fully saturated rings. The highest BCUT2D eigenvalue weighted by Gasteiger charge is 2.27. The molecule has 28 heavy (non-hydrogen) atoms. The summed E-state index contributed by atoms with van der Waals surface area (Å²) in [7, 11) is 1.64. The molecule has 7 heteroatoms. The van der Waals surface area contributed by atoms with Crippen molar-refractivity contribution in [1.29, 1.82) is 0 Å². The summed E-state index contributed by atoms with van der Waals surface area (Å²) in [4.78, 5) is 12.3. The van der Waals surface area contributed by atoms with E-state index < -0.39 is 0 Å². The highest BCUT2D eigenvalue weighted by Crippen LogP contribution is 2.35. The SMILES string of the molecule is COc1ccc(-c2nnc(S[C@@H]3CCCCC3=O)n2-c2ccc(Cl)cc2)cc1. The number of benzene rings is 2. The van der Waals surface area contributed by atoms with Gasteiger partial charge in [-0.2, -0.15) is 0 Å². The first kappa shape index (κ1) is 19.0. The fourth-order valence-corrected chi connectivity index (χ4v) is 4.60. The molecule has 1 saturated carbocycles. The zero-order chi connectivity index (χ0) is 19.5. The lowest BCUT2D eigenvalue weighted by atomic mass is 9.99. The van der Waals surface area contributed by atoms with E-state index in [1.165, 1.54) is 11.8 Å². The van der Waals surface area contributed by atoms with Gasteiger partial charge in [0.15, 0.2) is 11.0 Å². The number of Topliss-reactive ketones (excluding diaryl/α,β-unsaturated/α-hetero) is 1. The fourth-order valence-electron chi connectivity index (χ4n) is 3.30. The highest BCUT2D eigenvalue weighted by atomic mass is 35.5. The Hall–Kier alpha value is -2.31. The Morgan fingerprint density at radius 2 is 1.82 bits per heavy atom. The fraction of sp³-hybridized carbons (Fsp3) is 0.286. The summed E-state index contributed by atoms with van der Waals surface area (Å²) < 4.78 is 7.24. The number of methoxy groups -OCH3 is 1. The van der Waals surface area contributed by atoms with E-state index in [1.807, 2.05) is 53.1 Å². The van der Waals surface area contributed by atoms with E-state index in [0.29, 0.717) is 22.4 Å². The molecule has 1 heterocycles. The molecule has 4 rings (SSSR count). The third-order valence-corrected chi connectivity index (χ3v) is 6.32. The van der Waals surface area contributed by atoms with Gasteiger partial charge in [0, 0.05) is 22.7 Å². The zero-order valence-corrected chi connectivity index (χ0v) is 17.0. The Morgan fingerprint density at radius 1 is 1.07 bits per heavy atom. The summed E-state index contributed by atoms with van der Waals surface area (Å²) in [6.07, 6.45) is 3.59. The van der Waals surface area contributed by atoms with Crippen LogP contribution in [0.1, 0.15) is 25.7 Å². The van der Waals surface area contributed by atoms with Gasteiger partial charge in [-0.05, 0) is 61.4 Å². The van der Waals surface area contributed by atoms with Crippen molar-refractivity contribution in [3.05, 3.63) is 53.6 Å². The molecule has 0 N–H and O–H groups in total. The summed E-state index contributed by atoms with van der Waals surface area (Å²) >= 11 is 7.58. The van der Waals surface area contributed by atoms with Crippen LogP contribution in [0.3, 0.4) is 0 Å². The van der Waals surface area contributed by atoms with Crippen LogP contribution in [0.25, 0.3) is 17.1 Å². The van der Waals surface area contributed by atoms with Crippen LogP contribution in [0, 0.1) is 0 Å². The largest absolute Gasteiger partial charge is 0.497 e. The number of hydrogen-bond donors (Lipinski definition) is 0. The quantitative estimate of drug-likeness (QED) is 0.575. The second-order valence-corrected chi connectivity index (χ2v) is 8.27. The molecule has 5 nitrogen and oxygen atoms in total. The average molecular weight is 414 g/mol. The Balaban J connectivity index is 1.76. The molecule has 1 atom stereocenters. The van der Waals surface area contributed by atoms with E-state index in [1.54, 1.807) is 7.11 Å². The minimum absolute atomic E-state index is 0.0623. The van der Waals surface area contributed by atoms with Crippen molar-refractivity contribution in [2.75, 3.05) is 7.11 Å². The van der Waals surface area contributed by atoms with Crippen molar-refractivity contribution in [2.45, 2.75) is 36.1 Å². The normalized spacial score (nSPS) is 16.9. The molecule has 1 aromatic heterocycles. The summed E-state index contributed by atoms with van der Waals surface area (Å²) in [5.74, 6) is 1.80. The molecule has 0 saturated heterocycles. The molecule has 2 aromatic carbocycles. The number of thioether (sulfide) groups is 1. The summed E-state index contributed by atoms with van der Waals surface area (Å²) in [6.45, 7) is 0. The number of nitrogens with zero attached hydrogens (tertiary/aromatic N) is 3. The first-order chi connectivity index (χ1) is 13.7. The number of ketones is 1. The van der Waals surface area contributed by atoms with Gasteiger partial charge in [-0.3, -0.25) is 9.36 Å². The molecule has 144 valence electrons. The van der Waals surface area contributed by atoms with Crippen LogP contribution in [-0.4, -0.2) is 32.9 Å². The smallest absolute Gasteiger partial charge is 0.196 e. The maximum atomic E-state index is 12.3. The monoisotopic (exact) mass is 413 g/mol. The number of hydrogen-bond acceptors (Lipinski definition) is 5. The van der Waals surface area contributed by atoms with Crippen molar-refractivity contribution in [3.8, 4) is 22.8 Å². The molecule has 1 aliphatic rings. The molecular formula is C21H20ClN3O2S. The topological polar surface area (TPSA) is 57.0 Å². The molecular weight excluding hydrogens is 394 g/mol. The highest BCUT2D eigenvalue weighted by molar-refractivity contribution is 8.00. The molecule has 0 radical (unpaired) electrons. The molecule has 3 aromatic rings. The van der Waals surface area contributed by atoms with Crippen LogP contribution >= 0.6 is 23.4 Å². The molecule has 0 spiro atoms. The summed E-state index contributed by atoms with van der Waals surface area (Å²) in [6, 6.07) is 15.3. The number of ether oxygens (including phenoxy) is 1. The first-order valence-corrected chi connectivity index (χ1v) is 10.5. The maximum absolute atomic E-state index is 12.3. The third kappa shape index (κ3) is 3.93. The first-order valence-electron chi connectivity index (χ1n) is 9.21. The third-order valence-electron chi connectivity index (χ3n) is 4.81. The second kappa shape index (κ2) is 8.37. The van der Waals surface area contributed by atoms with Gasteiger partial charge in [-0.25, -0.2) is 0 Å². The van der Waals surface area contributed by atoms with Gasteiger partial charge in [-0.1, -0.05) is 29.8 Å². The van der Waals surface area contributed by atoms with E-state index in [9.17, 15) is 4.79 Å². The molecule has 1 aliphatic carbocycles. The summed E-state index contributed by atoms with van der Waals surface area (Å²) in [5, 5.41) is 10.2. The van der Waals surface area contributed by atoms with Crippen molar-refractivity contribution in [3.63, 3.8) is 0 Å². The van der Waals surface area contributed by atoms with E-state index >= 15 is 0 Å². The lowest BCUT2D eigenvalue weighted by molar-refractivity contribution is -0.119. The standard InChI is InChI=1S/C21H20ClN3O2S/c1-27-17-12-6-14(7-13-17)20-23-24-21(28-19-5-3-2-4-18(19)26)25(20)16-10-8-15(22)9-11-16/h6-13,19H,2-5H2,1H3/t19-/m1/s1. The van der Waals surface area contributed by atoms with E-state index in [2.05, 4.69) is 10.2 Å². The summed E-state index contributed by atoms with van der Waals surface area (Å²) in [5.41, 5.74) is 1.83. The van der Waals surface area contributed by atoms with Crippen LogP contribution in [0.2, 0.25) is 5.02 Å². The van der Waals surface area contributed by atoms with Gasteiger partial charge in [-0.15, -0.1) is 10.2 Å². The van der Waals surface area contributed by atoms with Crippen molar-refractivity contribution in [1.82, 2.24) is 14.8 Å². The van der Waals surface area contributed by atoms with E-state index in [4.69, 9.17) is 16.3 Å². The Bertz CT molecular complexity index is 970. The lowest BCUT2D eigenvalue weighted by Crippen LogP contribution is -2.21. The van der Waals surface area contributed by atoms with Gasteiger partial charge in [0.25, 0.3) is 0 Å². The second-order valence-electron chi connectivity index (χ2n) is 6.67. The van der Waals surface area contributed by atoms with Crippen LogP contribution in [0.4, 0.5) is 0 Å². The van der Waals surface area contributed by atoms with Gasteiger partial charge < -0.3 is 4.74 Å². The molecule has 0 aliphatic heterocycles. The van der Waals surface area contributed by atoms with Gasteiger partial charge >= 0.3 is 0 Å². The zero-order valence-electron chi connectivity index (χ0n) is 15.5. The predicted molar refractivity (Wildman–Crippen MR) is 111 cm³/mol. The molecule has 0 unspecified atom stereocenters. The number of halogens is 1. The van der Waals surface area contributed by atoms with Crippen LogP contribution < -0.4 is 4.74 Å². The number of aromatic nitrogens is 3. The van der Waals surface area contributed by atoms with Gasteiger partial charge in [0.1, 0.15) is 11.5 Å². The number of rotatable bonds is 5. The van der Waals surface area contributed by atoms with Crippen LogP contribution in [0.5, 0.6) is 5.75 Å². The van der Waals surface area contributed by atoms with Crippen molar-refractivity contribution >= 4 is 29.1 Å². The van der Waals surface area contributed by atoms with Crippen molar-refractivity contribution in [2.24, 2.45) is 0 Å². The minimum Gasteiger partial charge on any atom is -0.497 e. The number of carbonyl (C=O) groups excluding carboxylic acids is 1. The van der Waals surface area contributed by atoms with E-state index in [-0.39, 0.29) is 5.25 Å². The van der Waals surface area contributed by atoms with Crippen LogP contribution in [0.15, 0.2) is 53.7 Å². The van der Waals surface area contributed by atoms with E-state index in [0.717, 1.165) is 42.1 Å². The minimum atomic E-state index is -0.0623.